The minimum Gasteiger partial charge on any atom is -0.497 e. The smallest absolute Gasteiger partial charge is 0.238 e. The van der Waals surface area contributed by atoms with Gasteiger partial charge in [0.15, 0.2) is 11.6 Å². The van der Waals surface area contributed by atoms with Crippen molar-refractivity contribution in [3.8, 4) is 11.5 Å². The number of anilines is 1. The third kappa shape index (κ3) is 3.92. The van der Waals surface area contributed by atoms with E-state index in [1.54, 1.807) is 30.3 Å². The standard InChI is InChI=1S/C35H26Cl2N2O5/c1-43-21-12-14-28(44-2)24(18-21)31(40)29-30(32(41)23-13-11-20(36)17-26(23)37)39-16-15-19-7-3-4-8-22(19)33(39)35(29)25-9-5-6-10-27(25)38-34(35)42/h3-18,29-30,33H,1-2H3,(H,38,42)/t29-,30+,33+,35+/m0/s1. The quantitative estimate of drug-likeness (QED) is 0.233. The Bertz CT molecular complexity index is 1910. The molecule has 1 amide bonds. The van der Waals surface area contributed by atoms with Crippen molar-refractivity contribution in [3.05, 3.63) is 129 Å². The molecule has 9 heteroatoms. The third-order valence-electron chi connectivity index (χ3n) is 8.99. The first kappa shape index (κ1) is 28.2. The maximum atomic E-state index is 15.2. The summed E-state index contributed by atoms with van der Waals surface area (Å²) in [6, 6.07) is 22.8. The molecule has 4 aromatic carbocycles. The topological polar surface area (TPSA) is 84.9 Å². The fraction of sp³-hybridized carbons (Fsp3) is 0.171. The lowest BCUT2D eigenvalue weighted by atomic mass is 9.62. The van der Waals surface area contributed by atoms with Crippen molar-refractivity contribution < 1.29 is 23.9 Å². The number of amides is 1. The number of Topliss-reactive ketones (excluding diaryl/α,β-unsaturated/α-hetero) is 2. The second kappa shape index (κ2) is 10.5. The van der Waals surface area contributed by atoms with Crippen LogP contribution in [0, 0.1) is 5.92 Å². The van der Waals surface area contributed by atoms with Gasteiger partial charge >= 0.3 is 0 Å². The number of halogens is 2. The number of ether oxygens (including phenoxy) is 2. The van der Waals surface area contributed by atoms with E-state index in [1.165, 1.54) is 20.3 Å². The zero-order valence-electron chi connectivity index (χ0n) is 23.7. The van der Waals surface area contributed by atoms with Crippen molar-refractivity contribution in [1.29, 1.82) is 0 Å². The lowest BCUT2D eigenvalue weighted by Crippen LogP contribution is -2.49. The second-order valence-electron chi connectivity index (χ2n) is 11.0. The zero-order valence-corrected chi connectivity index (χ0v) is 25.2. The molecule has 4 atom stereocenters. The predicted octanol–water partition coefficient (Wildman–Crippen LogP) is 6.99. The van der Waals surface area contributed by atoms with Crippen LogP contribution in [0.25, 0.3) is 6.08 Å². The molecule has 220 valence electrons. The van der Waals surface area contributed by atoms with Gasteiger partial charge in [-0.15, -0.1) is 0 Å². The largest absolute Gasteiger partial charge is 0.497 e. The molecule has 1 N–H and O–H groups in total. The molecule has 0 bridgehead atoms. The molecule has 0 unspecified atom stereocenters. The van der Waals surface area contributed by atoms with E-state index in [9.17, 15) is 9.59 Å². The summed E-state index contributed by atoms with van der Waals surface area (Å²) in [7, 11) is 2.98. The highest BCUT2D eigenvalue weighted by Gasteiger charge is 2.71. The summed E-state index contributed by atoms with van der Waals surface area (Å²) in [4.78, 5) is 46.5. The monoisotopic (exact) mass is 624 g/mol. The SMILES string of the molecule is COc1ccc(OC)c(C(=O)[C@@H]2[C@H](C(=O)c3ccc(Cl)cc3Cl)N3C=Cc4ccccc4[C@@H]3[C@]23C(=O)Nc2ccccc23)c1. The van der Waals surface area contributed by atoms with Crippen molar-refractivity contribution in [3.63, 3.8) is 0 Å². The van der Waals surface area contributed by atoms with E-state index in [1.807, 2.05) is 65.7 Å². The number of hydrogen-bond donors (Lipinski definition) is 1. The molecule has 44 heavy (non-hydrogen) atoms. The van der Waals surface area contributed by atoms with Gasteiger partial charge in [0.2, 0.25) is 5.91 Å². The molecule has 3 aliphatic rings. The number of rotatable bonds is 6. The first-order valence-electron chi connectivity index (χ1n) is 14.0. The molecule has 0 saturated carbocycles. The number of carbonyl (C=O) groups is 3. The molecule has 7 nitrogen and oxygen atoms in total. The number of ketones is 2. The van der Waals surface area contributed by atoms with Crippen molar-refractivity contribution in [2.75, 3.05) is 19.5 Å². The minimum atomic E-state index is -1.50. The first-order valence-corrected chi connectivity index (χ1v) is 14.8. The van der Waals surface area contributed by atoms with Crippen LogP contribution in [0.5, 0.6) is 11.5 Å². The van der Waals surface area contributed by atoms with Crippen LogP contribution in [0.15, 0.2) is 91.1 Å². The van der Waals surface area contributed by atoms with Gasteiger partial charge in [0.1, 0.15) is 23.0 Å². The number of hydrogen-bond acceptors (Lipinski definition) is 6. The Labute approximate surface area is 264 Å². The van der Waals surface area contributed by atoms with Crippen molar-refractivity contribution in [2.45, 2.75) is 17.5 Å². The van der Waals surface area contributed by atoms with Crippen LogP contribution in [-0.2, 0) is 10.2 Å². The molecular weight excluding hydrogens is 599 g/mol. The van der Waals surface area contributed by atoms with Crippen molar-refractivity contribution in [2.24, 2.45) is 5.92 Å². The van der Waals surface area contributed by atoms with Gasteiger partial charge in [-0.25, -0.2) is 0 Å². The summed E-state index contributed by atoms with van der Waals surface area (Å²) in [5.74, 6) is -1.67. The van der Waals surface area contributed by atoms with Crippen LogP contribution in [-0.4, -0.2) is 42.6 Å². The number of methoxy groups -OCH3 is 2. The van der Waals surface area contributed by atoms with E-state index < -0.39 is 35.0 Å². The van der Waals surface area contributed by atoms with Crippen LogP contribution >= 0.6 is 23.2 Å². The summed E-state index contributed by atoms with van der Waals surface area (Å²) in [6.45, 7) is 0. The van der Waals surface area contributed by atoms with Gasteiger partial charge in [-0.2, -0.15) is 0 Å². The van der Waals surface area contributed by atoms with Crippen LogP contribution in [0.2, 0.25) is 10.0 Å². The van der Waals surface area contributed by atoms with Gasteiger partial charge in [0.25, 0.3) is 0 Å². The average molecular weight is 626 g/mol. The Hall–Kier alpha value is -4.59. The van der Waals surface area contributed by atoms with Crippen molar-refractivity contribution >= 4 is 52.4 Å². The van der Waals surface area contributed by atoms with Gasteiger partial charge in [0, 0.05) is 22.5 Å². The molecule has 4 aromatic rings. The normalized spacial score (nSPS) is 22.7. The molecule has 0 radical (unpaired) electrons. The van der Waals surface area contributed by atoms with Crippen LogP contribution in [0.3, 0.4) is 0 Å². The maximum absolute atomic E-state index is 15.2. The number of para-hydroxylation sites is 1. The number of nitrogens with one attached hydrogen (secondary N) is 1. The highest BCUT2D eigenvalue weighted by Crippen LogP contribution is 2.62. The highest BCUT2D eigenvalue weighted by molar-refractivity contribution is 6.37. The van der Waals surface area contributed by atoms with Crippen LogP contribution in [0.1, 0.15) is 43.4 Å². The molecule has 7 rings (SSSR count). The first-order chi connectivity index (χ1) is 21.3. The second-order valence-corrected chi connectivity index (χ2v) is 11.8. The van der Waals surface area contributed by atoms with Crippen molar-refractivity contribution in [1.82, 2.24) is 4.90 Å². The number of nitrogens with zero attached hydrogens (tertiary/aromatic N) is 1. The van der Waals surface area contributed by atoms with Crippen LogP contribution < -0.4 is 14.8 Å². The Balaban J connectivity index is 1.56. The van der Waals surface area contributed by atoms with E-state index >= 15 is 4.79 Å². The zero-order chi connectivity index (χ0) is 30.7. The molecule has 1 fully saturated rings. The predicted molar refractivity (Wildman–Crippen MR) is 169 cm³/mol. The molecule has 3 aliphatic heterocycles. The lowest BCUT2D eigenvalue weighted by molar-refractivity contribution is -0.122. The fourth-order valence-corrected chi connectivity index (χ4v) is 7.69. The molecular formula is C35H26Cl2N2O5. The Morgan fingerprint density at radius 1 is 0.864 bits per heavy atom. The van der Waals surface area contributed by atoms with E-state index in [-0.39, 0.29) is 22.1 Å². The fourth-order valence-electron chi connectivity index (χ4n) is 7.19. The number of fused-ring (bicyclic) bond motifs is 6. The molecule has 0 aromatic heterocycles. The Morgan fingerprint density at radius 2 is 1.64 bits per heavy atom. The number of carbonyl (C=O) groups excluding carboxylic acids is 3. The van der Waals surface area contributed by atoms with Gasteiger partial charge in [-0.05, 0) is 65.2 Å². The summed E-state index contributed by atoms with van der Waals surface area (Å²) in [6.07, 6.45) is 3.71. The molecule has 1 spiro atoms. The highest BCUT2D eigenvalue weighted by atomic mass is 35.5. The van der Waals surface area contributed by atoms with E-state index in [0.29, 0.717) is 27.8 Å². The minimum absolute atomic E-state index is 0.155. The third-order valence-corrected chi connectivity index (χ3v) is 9.54. The lowest BCUT2D eigenvalue weighted by Gasteiger charge is -2.38. The summed E-state index contributed by atoms with van der Waals surface area (Å²) in [5, 5.41) is 3.57. The Kier molecular flexibility index (Phi) is 6.76. The average Bonchev–Trinajstić information content (AvgIpc) is 3.52. The molecule has 3 heterocycles. The van der Waals surface area contributed by atoms with Crippen LogP contribution in [0.4, 0.5) is 5.69 Å². The summed E-state index contributed by atoms with van der Waals surface area (Å²) in [5.41, 5.74) is 1.86. The maximum Gasteiger partial charge on any atom is 0.238 e. The van der Waals surface area contributed by atoms with Gasteiger partial charge < -0.3 is 19.7 Å². The molecule has 0 aliphatic carbocycles. The molecule has 1 saturated heterocycles. The number of benzene rings is 4. The van der Waals surface area contributed by atoms with E-state index in [4.69, 9.17) is 32.7 Å². The summed E-state index contributed by atoms with van der Waals surface area (Å²) >= 11 is 12.8. The van der Waals surface area contributed by atoms with E-state index in [0.717, 1.165) is 11.1 Å². The van der Waals surface area contributed by atoms with Gasteiger partial charge in [-0.1, -0.05) is 65.7 Å². The van der Waals surface area contributed by atoms with Gasteiger partial charge in [-0.3, -0.25) is 14.4 Å². The summed E-state index contributed by atoms with van der Waals surface area (Å²) < 4.78 is 11.1. The Morgan fingerprint density at radius 3 is 2.41 bits per heavy atom. The van der Waals surface area contributed by atoms with Gasteiger partial charge in [0.05, 0.1) is 36.8 Å². The van der Waals surface area contributed by atoms with E-state index in [2.05, 4.69) is 5.32 Å².